The van der Waals surface area contributed by atoms with Crippen LogP contribution in [0, 0.1) is 12.7 Å². The van der Waals surface area contributed by atoms with Gasteiger partial charge in [0.2, 0.25) is 10.0 Å². The number of rotatable bonds is 8. The van der Waals surface area contributed by atoms with Crippen molar-refractivity contribution < 1.29 is 17.6 Å². The minimum Gasteiger partial charge on any atom is -0.272 e. The van der Waals surface area contributed by atoms with E-state index in [0.717, 1.165) is 19.9 Å². The van der Waals surface area contributed by atoms with Crippen LogP contribution in [0.15, 0.2) is 87.3 Å². The van der Waals surface area contributed by atoms with E-state index in [2.05, 4.69) is 26.5 Å². The van der Waals surface area contributed by atoms with Crippen LogP contribution >= 0.6 is 15.9 Å². The molecule has 1 amide bonds. The number of carbonyl (C=O) groups excluding carboxylic acids is 1. The summed E-state index contributed by atoms with van der Waals surface area (Å²) >= 11 is 3.34. The van der Waals surface area contributed by atoms with Crippen LogP contribution in [0.4, 0.5) is 4.39 Å². The Morgan fingerprint density at radius 3 is 2.28 bits per heavy atom. The average Bonchev–Trinajstić information content (AvgIpc) is 2.76. The van der Waals surface area contributed by atoms with Gasteiger partial charge in [-0.2, -0.15) is 9.41 Å². The first-order chi connectivity index (χ1) is 15.2. The molecule has 1 N–H and O–H groups in total. The number of benzene rings is 3. The molecule has 32 heavy (non-hydrogen) atoms. The molecule has 0 aromatic heterocycles. The molecule has 0 aliphatic rings. The van der Waals surface area contributed by atoms with Gasteiger partial charge in [-0.05, 0) is 54.4 Å². The molecular formula is C23H21BrFN3O3S. The van der Waals surface area contributed by atoms with Crippen LogP contribution in [0.5, 0.6) is 0 Å². The summed E-state index contributed by atoms with van der Waals surface area (Å²) in [6.45, 7) is 1.30. The Morgan fingerprint density at radius 2 is 1.66 bits per heavy atom. The molecule has 3 aromatic rings. The highest BCUT2D eigenvalue weighted by Crippen LogP contribution is 2.19. The van der Waals surface area contributed by atoms with Gasteiger partial charge in [-0.25, -0.2) is 18.2 Å². The van der Waals surface area contributed by atoms with Gasteiger partial charge in [0.1, 0.15) is 5.82 Å². The zero-order valence-corrected chi connectivity index (χ0v) is 19.6. The third-order valence-corrected chi connectivity index (χ3v) is 6.86. The molecule has 0 aliphatic carbocycles. The van der Waals surface area contributed by atoms with E-state index in [1.54, 1.807) is 12.1 Å². The lowest BCUT2D eigenvalue weighted by molar-refractivity contribution is -0.121. The largest absolute Gasteiger partial charge is 0.272 e. The molecule has 0 saturated heterocycles. The Morgan fingerprint density at radius 1 is 1.03 bits per heavy atom. The molecule has 0 bridgehead atoms. The van der Waals surface area contributed by atoms with Crippen molar-refractivity contribution in [2.24, 2.45) is 5.10 Å². The topological polar surface area (TPSA) is 78.8 Å². The van der Waals surface area contributed by atoms with Gasteiger partial charge in [0.25, 0.3) is 5.91 Å². The molecule has 0 radical (unpaired) electrons. The van der Waals surface area contributed by atoms with Crippen molar-refractivity contribution >= 4 is 38.1 Å². The molecule has 3 rings (SSSR count). The summed E-state index contributed by atoms with van der Waals surface area (Å²) in [5.74, 6) is -1.03. The number of aryl methyl sites for hydroxylation is 1. The van der Waals surface area contributed by atoms with Gasteiger partial charge in [0, 0.05) is 11.0 Å². The third-order valence-electron chi connectivity index (χ3n) is 4.52. The highest BCUT2D eigenvalue weighted by molar-refractivity contribution is 9.10. The van der Waals surface area contributed by atoms with E-state index in [1.807, 2.05) is 31.2 Å². The lowest BCUT2D eigenvalue weighted by Crippen LogP contribution is -2.39. The van der Waals surface area contributed by atoms with Crippen LogP contribution in [0.1, 0.15) is 16.7 Å². The average molecular weight is 518 g/mol. The predicted octanol–water partition coefficient (Wildman–Crippen LogP) is 4.24. The normalized spacial score (nSPS) is 11.8. The van der Waals surface area contributed by atoms with E-state index in [0.29, 0.717) is 5.56 Å². The Labute approximate surface area is 195 Å². The van der Waals surface area contributed by atoms with Crippen LogP contribution in [-0.2, 0) is 21.4 Å². The molecule has 0 fully saturated rings. The van der Waals surface area contributed by atoms with Crippen molar-refractivity contribution in [1.29, 1.82) is 0 Å². The lowest BCUT2D eigenvalue weighted by Gasteiger charge is -2.21. The molecule has 0 spiro atoms. The second-order valence-electron chi connectivity index (χ2n) is 7.06. The molecule has 0 heterocycles. The molecule has 9 heteroatoms. The van der Waals surface area contributed by atoms with E-state index in [9.17, 15) is 17.6 Å². The van der Waals surface area contributed by atoms with Crippen molar-refractivity contribution in [2.75, 3.05) is 6.54 Å². The molecule has 0 atom stereocenters. The predicted molar refractivity (Wildman–Crippen MR) is 125 cm³/mol. The standard InChI is InChI=1S/C23H21BrFN3O3S/c1-17-2-12-22(13-3-17)32(30,31)28(15-19-6-10-21(25)11-7-19)16-23(29)27-26-14-18-4-8-20(24)9-5-18/h2-14H,15-16H2,1H3,(H,27,29)/b26-14-. The monoisotopic (exact) mass is 517 g/mol. The van der Waals surface area contributed by atoms with E-state index >= 15 is 0 Å². The lowest BCUT2D eigenvalue weighted by atomic mass is 10.2. The summed E-state index contributed by atoms with van der Waals surface area (Å²) < 4.78 is 41.6. The molecular weight excluding hydrogens is 497 g/mol. The van der Waals surface area contributed by atoms with Crippen molar-refractivity contribution in [2.45, 2.75) is 18.4 Å². The summed E-state index contributed by atoms with van der Waals surface area (Å²) in [6.07, 6.45) is 1.46. The van der Waals surface area contributed by atoms with Crippen molar-refractivity contribution in [3.8, 4) is 0 Å². The molecule has 6 nitrogen and oxygen atoms in total. The van der Waals surface area contributed by atoms with Gasteiger partial charge in [0.15, 0.2) is 0 Å². The third kappa shape index (κ3) is 6.56. The second-order valence-corrected chi connectivity index (χ2v) is 9.91. The van der Waals surface area contributed by atoms with E-state index in [4.69, 9.17) is 0 Å². The Kier molecular flexibility index (Phi) is 7.89. The molecule has 0 saturated carbocycles. The number of halogens is 2. The highest BCUT2D eigenvalue weighted by Gasteiger charge is 2.27. The minimum atomic E-state index is -3.98. The van der Waals surface area contributed by atoms with Crippen LogP contribution < -0.4 is 5.43 Å². The van der Waals surface area contributed by atoms with Crippen LogP contribution in [0.25, 0.3) is 0 Å². The second kappa shape index (κ2) is 10.6. The highest BCUT2D eigenvalue weighted by atomic mass is 79.9. The van der Waals surface area contributed by atoms with Gasteiger partial charge in [0.05, 0.1) is 17.7 Å². The first-order valence-corrected chi connectivity index (χ1v) is 11.9. The first kappa shape index (κ1) is 23.8. The smallest absolute Gasteiger partial charge is 0.255 e. The quantitative estimate of drug-likeness (QED) is 0.358. The molecule has 0 aliphatic heterocycles. The summed E-state index contributed by atoms with van der Waals surface area (Å²) in [7, 11) is -3.98. The Balaban J connectivity index is 1.78. The van der Waals surface area contributed by atoms with Gasteiger partial charge >= 0.3 is 0 Å². The molecule has 3 aromatic carbocycles. The maximum atomic E-state index is 13.3. The van der Waals surface area contributed by atoms with Gasteiger partial charge in [-0.1, -0.05) is 57.9 Å². The van der Waals surface area contributed by atoms with Crippen molar-refractivity contribution in [1.82, 2.24) is 9.73 Å². The number of nitrogens with one attached hydrogen (secondary N) is 1. The number of hydrazone groups is 1. The van der Waals surface area contributed by atoms with Crippen LogP contribution in [-0.4, -0.2) is 31.4 Å². The Bertz CT molecular complexity index is 1200. The van der Waals surface area contributed by atoms with Crippen LogP contribution in [0.2, 0.25) is 0 Å². The van der Waals surface area contributed by atoms with E-state index < -0.39 is 28.3 Å². The summed E-state index contributed by atoms with van der Waals surface area (Å²) in [6, 6.07) is 19.1. The fourth-order valence-corrected chi connectivity index (χ4v) is 4.45. The molecule has 0 unspecified atom stereocenters. The van der Waals surface area contributed by atoms with Gasteiger partial charge < -0.3 is 0 Å². The van der Waals surface area contributed by atoms with Gasteiger partial charge in [-0.3, -0.25) is 4.79 Å². The number of carbonyl (C=O) groups is 1. The summed E-state index contributed by atoms with van der Waals surface area (Å²) in [5, 5.41) is 3.90. The SMILES string of the molecule is Cc1ccc(S(=O)(=O)N(CC(=O)N/N=C\c2ccc(Br)cc2)Cc2ccc(F)cc2)cc1. The van der Waals surface area contributed by atoms with E-state index in [-0.39, 0.29) is 11.4 Å². The maximum Gasteiger partial charge on any atom is 0.255 e. The van der Waals surface area contributed by atoms with Gasteiger partial charge in [-0.15, -0.1) is 0 Å². The van der Waals surface area contributed by atoms with Crippen molar-refractivity contribution in [3.63, 3.8) is 0 Å². The zero-order chi connectivity index (χ0) is 23.1. The minimum absolute atomic E-state index is 0.0661. The number of sulfonamides is 1. The fourth-order valence-electron chi connectivity index (χ4n) is 2.80. The number of nitrogens with zero attached hydrogens (tertiary/aromatic N) is 2. The fraction of sp³-hybridized carbons (Fsp3) is 0.130. The molecule has 166 valence electrons. The maximum absolute atomic E-state index is 13.3. The summed E-state index contributed by atoms with van der Waals surface area (Å²) in [5.41, 5.74) is 4.58. The van der Waals surface area contributed by atoms with E-state index in [1.165, 1.54) is 42.6 Å². The Hall–Kier alpha value is -2.88. The number of amides is 1. The summed E-state index contributed by atoms with van der Waals surface area (Å²) in [4.78, 5) is 12.5. The number of hydrogen-bond acceptors (Lipinski definition) is 4. The van der Waals surface area contributed by atoms with Crippen molar-refractivity contribution in [3.05, 3.63) is 99.8 Å². The zero-order valence-electron chi connectivity index (χ0n) is 17.2. The number of hydrogen-bond donors (Lipinski definition) is 1. The first-order valence-electron chi connectivity index (χ1n) is 9.63. The van der Waals surface area contributed by atoms with Crippen LogP contribution in [0.3, 0.4) is 0 Å².